The first-order valence-corrected chi connectivity index (χ1v) is 7.83. The Morgan fingerprint density at radius 3 is 2.43 bits per heavy atom. The number of hydrogen-bond acceptors (Lipinski definition) is 3. The predicted molar refractivity (Wildman–Crippen MR) is 90.5 cm³/mol. The van der Waals surface area contributed by atoms with Crippen LogP contribution in [0.5, 0.6) is 11.5 Å². The van der Waals surface area contributed by atoms with Gasteiger partial charge in [-0.2, -0.15) is 0 Å². The van der Waals surface area contributed by atoms with Gasteiger partial charge in [-0.1, -0.05) is 29.8 Å². The molecule has 0 spiro atoms. The maximum absolute atomic E-state index is 12.6. The first kappa shape index (κ1) is 15.7. The summed E-state index contributed by atoms with van der Waals surface area (Å²) in [6.07, 6.45) is -1.13. The molecule has 23 heavy (non-hydrogen) atoms. The number of aryl methyl sites for hydroxylation is 2. The average Bonchev–Trinajstić information content (AvgIpc) is 2.50. The highest BCUT2D eigenvalue weighted by Gasteiger charge is 2.34. The second-order valence-corrected chi connectivity index (χ2v) is 6.14. The van der Waals surface area contributed by atoms with E-state index in [1.165, 1.54) is 0 Å². The fourth-order valence-electron chi connectivity index (χ4n) is 2.67. The number of fused-ring (bicyclic) bond motifs is 1. The average molecular weight is 332 g/mol. The zero-order valence-corrected chi connectivity index (χ0v) is 14.0. The molecular weight excluding hydrogens is 314 g/mol. The molecule has 1 amide bonds. The maximum atomic E-state index is 12.6. The van der Waals surface area contributed by atoms with Gasteiger partial charge in [0.15, 0.2) is 11.5 Å². The minimum Gasteiger partial charge on any atom is -0.482 e. The van der Waals surface area contributed by atoms with Crippen LogP contribution in [0.15, 0.2) is 36.4 Å². The van der Waals surface area contributed by atoms with E-state index < -0.39 is 12.2 Å². The molecule has 0 fully saturated rings. The van der Waals surface area contributed by atoms with Gasteiger partial charge in [-0.3, -0.25) is 4.79 Å². The molecular formula is C18H18ClNO3. The molecule has 0 radical (unpaired) electrons. The largest absolute Gasteiger partial charge is 0.482 e. The third kappa shape index (κ3) is 3.13. The first-order valence-electron chi connectivity index (χ1n) is 7.45. The van der Waals surface area contributed by atoms with E-state index in [-0.39, 0.29) is 5.91 Å². The molecule has 5 heteroatoms. The van der Waals surface area contributed by atoms with Crippen molar-refractivity contribution in [1.82, 2.24) is 0 Å². The van der Waals surface area contributed by atoms with Crippen molar-refractivity contribution in [2.45, 2.75) is 33.0 Å². The van der Waals surface area contributed by atoms with Gasteiger partial charge < -0.3 is 14.8 Å². The monoisotopic (exact) mass is 331 g/mol. The van der Waals surface area contributed by atoms with Gasteiger partial charge in [-0.15, -0.1) is 0 Å². The van der Waals surface area contributed by atoms with Crippen molar-refractivity contribution >= 4 is 23.2 Å². The van der Waals surface area contributed by atoms with Gasteiger partial charge in [0.2, 0.25) is 6.10 Å². The molecule has 1 heterocycles. The molecule has 0 bridgehead atoms. The molecule has 120 valence electrons. The molecule has 4 nitrogen and oxygen atoms in total. The maximum Gasteiger partial charge on any atom is 0.269 e. The van der Waals surface area contributed by atoms with Crippen LogP contribution in [-0.2, 0) is 4.79 Å². The second-order valence-electron chi connectivity index (χ2n) is 5.74. The summed E-state index contributed by atoms with van der Waals surface area (Å²) in [5.41, 5.74) is 2.56. The molecule has 3 rings (SSSR count). The van der Waals surface area contributed by atoms with Gasteiger partial charge in [0.1, 0.15) is 6.10 Å². The van der Waals surface area contributed by atoms with Crippen LogP contribution in [0.4, 0.5) is 5.69 Å². The van der Waals surface area contributed by atoms with Gasteiger partial charge in [0.05, 0.1) is 10.7 Å². The van der Waals surface area contributed by atoms with E-state index >= 15 is 0 Å². The van der Waals surface area contributed by atoms with Crippen molar-refractivity contribution in [2.75, 3.05) is 5.32 Å². The van der Waals surface area contributed by atoms with Gasteiger partial charge in [0, 0.05) is 0 Å². The lowest BCUT2D eigenvalue weighted by Crippen LogP contribution is -2.46. The first-order chi connectivity index (χ1) is 11.0. The van der Waals surface area contributed by atoms with Gasteiger partial charge in [0.25, 0.3) is 5.91 Å². The fraction of sp³-hybridized carbons (Fsp3) is 0.278. The van der Waals surface area contributed by atoms with Gasteiger partial charge >= 0.3 is 0 Å². The van der Waals surface area contributed by atoms with Crippen LogP contribution in [0.25, 0.3) is 0 Å². The minimum absolute atomic E-state index is 0.277. The number of carbonyl (C=O) groups is 1. The van der Waals surface area contributed by atoms with Crippen LogP contribution >= 0.6 is 11.6 Å². The van der Waals surface area contributed by atoms with Gasteiger partial charge in [-0.05, 0) is 50.1 Å². The van der Waals surface area contributed by atoms with E-state index in [0.717, 1.165) is 11.1 Å². The predicted octanol–water partition coefficient (Wildman–Crippen LogP) is 4.12. The summed E-state index contributed by atoms with van der Waals surface area (Å²) in [6.45, 7) is 5.68. The number of carbonyl (C=O) groups excluding carboxylic acids is 1. The lowest BCUT2D eigenvalue weighted by Gasteiger charge is -2.31. The molecule has 2 aromatic carbocycles. The SMILES string of the molecule is Cc1cc(C)c(NC(=O)[C@H]2Oc3ccccc3O[C@H]2C)c(Cl)c1. The highest BCUT2D eigenvalue weighted by molar-refractivity contribution is 6.34. The Kier molecular flexibility index (Phi) is 4.18. The van der Waals surface area contributed by atoms with E-state index in [0.29, 0.717) is 22.2 Å². The molecule has 1 aliphatic rings. The van der Waals surface area contributed by atoms with E-state index in [9.17, 15) is 4.79 Å². The highest BCUT2D eigenvalue weighted by Crippen LogP contribution is 2.34. The van der Waals surface area contributed by atoms with Crippen LogP contribution in [-0.4, -0.2) is 18.1 Å². The molecule has 2 atom stereocenters. The molecule has 0 saturated carbocycles. The third-order valence-electron chi connectivity index (χ3n) is 3.78. The smallest absolute Gasteiger partial charge is 0.269 e. The summed E-state index contributed by atoms with van der Waals surface area (Å²) in [5, 5.41) is 3.38. The van der Waals surface area contributed by atoms with Crippen molar-refractivity contribution in [3.05, 3.63) is 52.5 Å². The molecule has 1 aliphatic heterocycles. The Morgan fingerprint density at radius 1 is 1.13 bits per heavy atom. The number of benzene rings is 2. The van der Waals surface area contributed by atoms with Crippen molar-refractivity contribution in [3.8, 4) is 11.5 Å². The van der Waals surface area contributed by atoms with Crippen molar-refractivity contribution in [1.29, 1.82) is 0 Å². The Morgan fingerprint density at radius 2 is 1.78 bits per heavy atom. The third-order valence-corrected chi connectivity index (χ3v) is 4.08. The number of ether oxygens (including phenoxy) is 2. The number of rotatable bonds is 2. The zero-order chi connectivity index (χ0) is 16.6. The summed E-state index contributed by atoms with van der Waals surface area (Å²) in [6, 6.07) is 11.1. The number of amides is 1. The van der Waals surface area contributed by atoms with Crippen LogP contribution in [0.2, 0.25) is 5.02 Å². The summed E-state index contributed by atoms with van der Waals surface area (Å²) < 4.78 is 11.6. The molecule has 0 aromatic heterocycles. The lowest BCUT2D eigenvalue weighted by molar-refractivity contribution is -0.128. The van der Waals surface area contributed by atoms with E-state index in [2.05, 4.69) is 5.32 Å². The minimum atomic E-state index is -0.735. The number of hydrogen-bond donors (Lipinski definition) is 1. The van der Waals surface area contributed by atoms with E-state index in [1.54, 1.807) is 6.07 Å². The summed E-state index contributed by atoms with van der Waals surface area (Å²) >= 11 is 6.25. The number of nitrogens with one attached hydrogen (secondary N) is 1. The Labute approximate surface area is 140 Å². The van der Waals surface area contributed by atoms with Crippen LogP contribution in [0.1, 0.15) is 18.1 Å². The molecule has 1 N–H and O–H groups in total. The number of halogens is 1. The standard InChI is InChI=1S/C18H18ClNO3/c1-10-8-11(2)16(13(19)9-10)20-18(21)17-12(3)22-14-6-4-5-7-15(14)23-17/h4-9,12,17H,1-3H3,(H,20,21)/t12-,17-/m0/s1. The fourth-order valence-corrected chi connectivity index (χ4v) is 3.04. The quantitative estimate of drug-likeness (QED) is 0.900. The Balaban J connectivity index is 1.82. The van der Waals surface area contributed by atoms with Gasteiger partial charge in [-0.25, -0.2) is 0 Å². The lowest BCUT2D eigenvalue weighted by atomic mass is 10.1. The summed E-state index contributed by atoms with van der Waals surface area (Å²) in [7, 11) is 0. The molecule has 2 aromatic rings. The Hall–Kier alpha value is -2.20. The number of para-hydroxylation sites is 2. The highest BCUT2D eigenvalue weighted by atomic mass is 35.5. The normalized spacial score (nSPS) is 19.3. The van der Waals surface area contributed by atoms with E-state index in [1.807, 2.05) is 51.1 Å². The number of anilines is 1. The molecule has 0 unspecified atom stereocenters. The van der Waals surface area contributed by atoms with E-state index in [4.69, 9.17) is 21.1 Å². The van der Waals surface area contributed by atoms with Crippen molar-refractivity contribution in [2.24, 2.45) is 0 Å². The summed E-state index contributed by atoms with van der Waals surface area (Å²) in [4.78, 5) is 12.6. The second kappa shape index (κ2) is 6.13. The molecule has 0 saturated heterocycles. The van der Waals surface area contributed by atoms with Crippen LogP contribution in [0.3, 0.4) is 0 Å². The topological polar surface area (TPSA) is 47.6 Å². The van der Waals surface area contributed by atoms with Crippen molar-refractivity contribution in [3.63, 3.8) is 0 Å². The molecule has 0 aliphatic carbocycles. The van der Waals surface area contributed by atoms with Crippen LogP contribution < -0.4 is 14.8 Å². The Bertz CT molecular complexity index is 737. The summed E-state index contributed by atoms with van der Waals surface area (Å²) in [5.74, 6) is 0.937. The zero-order valence-electron chi connectivity index (χ0n) is 13.2. The van der Waals surface area contributed by atoms with Crippen LogP contribution in [0, 0.1) is 13.8 Å². The van der Waals surface area contributed by atoms with Crippen molar-refractivity contribution < 1.29 is 14.3 Å².